The molecule has 1 aliphatic rings. The number of carboxylic acids is 1. The van der Waals surface area contributed by atoms with Crippen LogP contribution in [0.15, 0.2) is 0 Å². The molecule has 0 aliphatic carbocycles. The molecule has 8 N–H and O–H groups in total. The number of likely N-dealkylation sites (tertiary alicyclic amines) is 1. The highest BCUT2D eigenvalue weighted by molar-refractivity contribution is 5.92. The summed E-state index contributed by atoms with van der Waals surface area (Å²) in [5.41, 5.74) is 16.8. The fourth-order valence-electron chi connectivity index (χ4n) is 3.17. The fraction of sp³-hybridized carbons (Fsp3) is 0.824. The van der Waals surface area contributed by atoms with Gasteiger partial charge >= 0.3 is 5.97 Å². The smallest absolute Gasteiger partial charge is 0.326 e. The molecule has 150 valence electrons. The molecule has 0 saturated carbocycles. The number of amides is 2. The summed E-state index contributed by atoms with van der Waals surface area (Å²) in [5.74, 6) is -1.76. The molecule has 0 unspecified atom stereocenters. The summed E-state index contributed by atoms with van der Waals surface area (Å²) in [6.45, 7) is 1.50. The van der Waals surface area contributed by atoms with E-state index in [1.165, 1.54) is 4.90 Å². The Morgan fingerprint density at radius 3 is 2.27 bits per heavy atom. The molecule has 0 bridgehead atoms. The molecule has 1 heterocycles. The Morgan fingerprint density at radius 1 is 1.08 bits per heavy atom. The summed E-state index contributed by atoms with van der Waals surface area (Å²) in [6.07, 6.45) is 4.94. The number of nitrogens with two attached hydrogens (primary N) is 3. The van der Waals surface area contributed by atoms with Gasteiger partial charge in [0.05, 0.1) is 6.04 Å². The molecule has 26 heavy (non-hydrogen) atoms. The van der Waals surface area contributed by atoms with Gasteiger partial charge in [-0.3, -0.25) is 9.59 Å². The SMILES string of the molecule is NCCCC[C@H](NC(=O)[C@@H]1CCCN1C(=O)[C@@H](N)CCCCN)C(=O)O. The van der Waals surface area contributed by atoms with Gasteiger partial charge in [0.2, 0.25) is 11.8 Å². The normalized spacial score (nSPS) is 19.2. The first-order chi connectivity index (χ1) is 12.4. The van der Waals surface area contributed by atoms with Crippen LogP contribution in [0, 0.1) is 0 Å². The van der Waals surface area contributed by atoms with Gasteiger partial charge in [-0.25, -0.2) is 4.79 Å². The Kier molecular flexibility index (Phi) is 10.2. The topological polar surface area (TPSA) is 165 Å². The number of hydrogen-bond donors (Lipinski definition) is 5. The van der Waals surface area contributed by atoms with E-state index in [0.29, 0.717) is 58.2 Å². The third-order valence-electron chi connectivity index (χ3n) is 4.69. The first kappa shape index (κ1) is 22.3. The third-order valence-corrected chi connectivity index (χ3v) is 4.69. The first-order valence-electron chi connectivity index (χ1n) is 9.41. The van der Waals surface area contributed by atoms with Crippen molar-refractivity contribution in [2.75, 3.05) is 19.6 Å². The van der Waals surface area contributed by atoms with Crippen molar-refractivity contribution in [2.45, 2.75) is 69.5 Å². The number of carbonyl (C=O) groups excluding carboxylic acids is 2. The minimum absolute atomic E-state index is 0.255. The summed E-state index contributed by atoms with van der Waals surface area (Å²) in [4.78, 5) is 37.9. The second kappa shape index (κ2) is 11.8. The Bertz CT molecular complexity index is 474. The predicted molar refractivity (Wildman–Crippen MR) is 98.1 cm³/mol. The Hall–Kier alpha value is -1.71. The van der Waals surface area contributed by atoms with Crippen molar-refractivity contribution in [3.05, 3.63) is 0 Å². The van der Waals surface area contributed by atoms with E-state index >= 15 is 0 Å². The maximum absolute atomic E-state index is 12.5. The predicted octanol–water partition coefficient (Wildman–Crippen LogP) is -0.868. The number of nitrogens with zero attached hydrogens (tertiary/aromatic N) is 1. The van der Waals surface area contributed by atoms with Crippen molar-refractivity contribution < 1.29 is 19.5 Å². The Balaban J connectivity index is 2.62. The van der Waals surface area contributed by atoms with Gasteiger partial charge in [-0.1, -0.05) is 6.42 Å². The zero-order chi connectivity index (χ0) is 19.5. The van der Waals surface area contributed by atoms with Crippen LogP contribution in [0.25, 0.3) is 0 Å². The molecular weight excluding hydrogens is 338 g/mol. The standard InChI is InChI=1S/C17H33N5O4/c18-9-3-1-6-12(20)16(24)22-11-5-8-14(22)15(23)21-13(17(25)26)7-2-4-10-19/h12-14H,1-11,18-20H2,(H,21,23)(H,25,26)/t12-,13-,14-/m0/s1. The fourth-order valence-corrected chi connectivity index (χ4v) is 3.17. The van der Waals surface area contributed by atoms with E-state index in [1.54, 1.807) is 0 Å². The number of carbonyl (C=O) groups is 3. The van der Waals surface area contributed by atoms with Crippen LogP contribution in [-0.4, -0.2) is 65.5 Å². The van der Waals surface area contributed by atoms with Crippen LogP contribution in [0.5, 0.6) is 0 Å². The zero-order valence-electron chi connectivity index (χ0n) is 15.4. The van der Waals surface area contributed by atoms with Gasteiger partial charge in [0.15, 0.2) is 0 Å². The Morgan fingerprint density at radius 2 is 1.69 bits per heavy atom. The van der Waals surface area contributed by atoms with E-state index in [1.807, 2.05) is 0 Å². The van der Waals surface area contributed by atoms with E-state index in [4.69, 9.17) is 17.2 Å². The monoisotopic (exact) mass is 371 g/mol. The third kappa shape index (κ3) is 6.89. The van der Waals surface area contributed by atoms with Crippen LogP contribution in [-0.2, 0) is 14.4 Å². The summed E-state index contributed by atoms with van der Waals surface area (Å²) >= 11 is 0. The summed E-state index contributed by atoms with van der Waals surface area (Å²) < 4.78 is 0. The lowest BCUT2D eigenvalue weighted by atomic mass is 10.1. The molecule has 0 aromatic rings. The van der Waals surface area contributed by atoms with E-state index in [9.17, 15) is 19.5 Å². The second-order valence-corrected chi connectivity index (χ2v) is 6.76. The van der Waals surface area contributed by atoms with Crippen molar-refractivity contribution in [3.63, 3.8) is 0 Å². The lowest BCUT2D eigenvalue weighted by Gasteiger charge is -2.27. The minimum atomic E-state index is -1.08. The first-order valence-corrected chi connectivity index (χ1v) is 9.41. The second-order valence-electron chi connectivity index (χ2n) is 6.76. The molecule has 0 aromatic carbocycles. The van der Waals surface area contributed by atoms with Crippen molar-refractivity contribution in [1.29, 1.82) is 0 Å². The van der Waals surface area contributed by atoms with Crippen LogP contribution in [0.2, 0.25) is 0 Å². The summed E-state index contributed by atoms with van der Waals surface area (Å²) in [5, 5.41) is 11.9. The molecule has 1 rings (SSSR count). The molecule has 0 spiro atoms. The highest BCUT2D eigenvalue weighted by Gasteiger charge is 2.37. The molecule has 1 fully saturated rings. The van der Waals surface area contributed by atoms with Gasteiger partial charge in [0, 0.05) is 6.54 Å². The van der Waals surface area contributed by atoms with Crippen LogP contribution in [0.3, 0.4) is 0 Å². The van der Waals surface area contributed by atoms with E-state index in [2.05, 4.69) is 5.32 Å². The average molecular weight is 371 g/mol. The van der Waals surface area contributed by atoms with Gasteiger partial charge < -0.3 is 32.5 Å². The lowest BCUT2D eigenvalue weighted by molar-refractivity contribution is -0.144. The number of hydrogen-bond acceptors (Lipinski definition) is 6. The summed E-state index contributed by atoms with van der Waals surface area (Å²) in [7, 11) is 0. The van der Waals surface area contributed by atoms with Gasteiger partial charge in [0.25, 0.3) is 0 Å². The summed E-state index contributed by atoms with van der Waals surface area (Å²) in [6, 6.07) is -2.28. The van der Waals surface area contributed by atoms with Gasteiger partial charge in [-0.15, -0.1) is 0 Å². The highest BCUT2D eigenvalue weighted by Crippen LogP contribution is 2.19. The molecule has 3 atom stereocenters. The van der Waals surface area contributed by atoms with Crippen molar-refractivity contribution in [3.8, 4) is 0 Å². The number of rotatable bonds is 12. The zero-order valence-corrected chi connectivity index (χ0v) is 15.4. The molecule has 2 amide bonds. The van der Waals surface area contributed by atoms with E-state index in [0.717, 1.165) is 12.8 Å². The quantitative estimate of drug-likeness (QED) is 0.278. The van der Waals surface area contributed by atoms with E-state index < -0.39 is 30.0 Å². The number of carboxylic acid groups (broad SMARTS) is 1. The van der Waals surface area contributed by atoms with Gasteiger partial charge in [-0.05, 0) is 58.0 Å². The number of nitrogens with one attached hydrogen (secondary N) is 1. The lowest BCUT2D eigenvalue weighted by Crippen LogP contribution is -2.53. The van der Waals surface area contributed by atoms with Gasteiger partial charge in [0.1, 0.15) is 12.1 Å². The molecule has 9 nitrogen and oxygen atoms in total. The van der Waals surface area contributed by atoms with Crippen LogP contribution in [0.1, 0.15) is 51.4 Å². The maximum Gasteiger partial charge on any atom is 0.326 e. The van der Waals surface area contributed by atoms with Crippen molar-refractivity contribution in [1.82, 2.24) is 10.2 Å². The van der Waals surface area contributed by atoms with Crippen LogP contribution < -0.4 is 22.5 Å². The highest BCUT2D eigenvalue weighted by atomic mass is 16.4. The van der Waals surface area contributed by atoms with Gasteiger partial charge in [-0.2, -0.15) is 0 Å². The molecule has 0 radical (unpaired) electrons. The number of aliphatic carboxylic acids is 1. The molecule has 0 aromatic heterocycles. The maximum atomic E-state index is 12.5. The minimum Gasteiger partial charge on any atom is -0.480 e. The largest absolute Gasteiger partial charge is 0.480 e. The molecule has 1 aliphatic heterocycles. The van der Waals surface area contributed by atoms with Crippen LogP contribution in [0.4, 0.5) is 0 Å². The van der Waals surface area contributed by atoms with Crippen molar-refractivity contribution >= 4 is 17.8 Å². The molecule has 9 heteroatoms. The average Bonchev–Trinajstić information content (AvgIpc) is 3.10. The van der Waals surface area contributed by atoms with E-state index in [-0.39, 0.29) is 5.91 Å². The molecular formula is C17H33N5O4. The Labute approximate surface area is 154 Å². The van der Waals surface area contributed by atoms with Crippen molar-refractivity contribution in [2.24, 2.45) is 17.2 Å². The molecule has 1 saturated heterocycles. The van der Waals surface area contributed by atoms with Crippen LogP contribution >= 0.6 is 0 Å². The number of unbranched alkanes of at least 4 members (excludes halogenated alkanes) is 2.